The second-order valence-electron chi connectivity index (χ2n) is 5.77. The molecule has 1 aromatic rings. The van der Waals surface area contributed by atoms with Gasteiger partial charge in [0.1, 0.15) is 0 Å². The van der Waals surface area contributed by atoms with Crippen LogP contribution in [0.25, 0.3) is 0 Å². The third-order valence-electron chi connectivity index (χ3n) is 4.28. The largest absolute Gasteiger partial charge is 0.395 e. The minimum atomic E-state index is -0.484. The molecule has 0 unspecified atom stereocenters. The van der Waals surface area contributed by atoms with Gasteiger partial charge < -0.3 is 16.2 Å². The number of aliphatic hydroxyl groups is 1. The van der Waals surface area contributed by atoms with E-state index in [9.17, 15) is 9.90 Å². The summed E-state index contributed by atoms with van der Waals surface area (Å²) >= 11 is 0. The molecule has 0 aliphatic heterocycles. The predicted octanol–water partition coefficient (Wildman–Crippen LogP) is 0.904. The fourth-order valence-electron chi connectivity index (χ4n) is 2.89. The van der Waals surface area contributed by atoms with Gasteiger partial charge in [-0.15, -0.1) is 0 Å². The number of aromatic nitrogens is 2. The van der Waals surface area contributed by atoms with Crippen LogP contribution in [-0.4, -0.2) is 33.4 Å². The highest BCUT2D eigenvalue weighted by Gasteiger charge is 2.37. The van der Waals surface area contributed by atoms with E-state index in [1.165, 1.54) is 0 Å². The van der Waals surface area contributed by atoms with Crippen LogP contribution in [0.4, 0.5) is 5.69 Å². The molecule has 2 aliphatic carbocycles. The summed E-state index contributed by atoms with van der Waals surface area (Å²) in [6.07, 6.45) is 5.90. The Morgan fingerprint density at radius 2 is 2.16 bits per heavy atom. The number of H-pyrrole nitrogens is 1. The predicted molar refractivity (Wildman–Crippen MR) is 70.7 cm³/mol. The lowest BCUT2D eigenvalue weighted by Gasteiger charge is -2.27. The Balaban J connectivity index is 1.76. The van der Waals surface area contributed by atoms with Crippen LogP contribution in [-0.2, 0) is 0 Å². The standard InChI is InChI=1S/C13H20N4O2/c14-9-10(8-3-4-8)16-17-11(9)12(19)15-13(7-18)5-1-2-6-13/h8,18H,1-7,14H2,(H,15,19)(H,16,17). The molecular weight excluding hydrogens is 244 g/mol. The third-order valence-corrected chi connectivity index (χ3v) is 4.28. The molecule has 6 nitrogen and oxygen atoms in total. The Bertz CT molecular complexity index is 487. The number of nitrogens with two attached hydrogens (primary N) is 1. The molecule has 2 fully saturated rings. The topological polar surface area (TPSA) is 104 Å². The van der Waals surface area contributed by atoms with Gasteiger partial charge in [0, 0.05) is 5.92 Å². The van der Waals surface area contributed by atoms with Gasteiger partial charge in [0.05, 0.1) is 23.5 Å². The molecule has 0 aromatic carbocycles. The summed E-state index contributed by atoms with van der Waals surface area (Å²) in [5.41, 5.74) is 7.12. The lowest BCUT2D eigenvalue weighted by Crippen LogP contribution is -2.49. The smallest absolute Gasteiger partial charge is 0.274 e. The Kier molecular flexibility index (Phi) is 2.97. The molecule has 3 rings (SSSR count). The van der Waals surface area contributed by atoms with Crippen LogP contribution in [0.3, 0.4) is 0 Å². The summed E-state index contributed by atoms with van der Waals surface area (Å²) in [6.45, 7) is -0.0292. The Hall–Kier alpha value is -1.56. The molecule has 1 aromatic heterocycles. The lowest BCUT2D eigenvalue weighted by molar-refractivity contribution is 0.0834. The van der Waals surface area contributed by atoms with E-state index in [-0.39, 0.29) is 18.2 Å². The summed E-state index contributed by atoms with van der Waals surface area (Å²) < 4.78 is 0. The highest BCUT2D eigenvalue weighted by molar-refractivity contribution is 5.98. The quantitative estimate of drug-likeness (QED) is 0.648. The zero-order chi connectivity index (χ0) is 13.5. The molecule has 1 amide bonds. The van der Waals surface area contributed by atoms with Crippen molar-refractivity contribution in [2.24, 2.45) is 0 Å². The van der Waals surface area contributed by atoms with E-state index in [0.717, 1.165) is 44.2 Å². The van der Waals surface area contributed by atoms with Gasteiger partial charge in [-0.2, -0.15) is 5.10 Å². The molecule has 0 atom stereocenters. The number of carbonyl (C=O) groups excluding carboxylic acids is 1. The molecule has 2 saturated carbocycles. The summed E-state index contributed by atoms with van der Waals surface area (Å²) in [6, 6.07) is 0. The molecule has 2 aliphatic rings. The van der Waals surface area contributed by atoms with Gasteiger partial charge in [0.15, 0.2) is 5.69 Å². The van der Waals surface area contributed by atoms with Crippen molar-refractivity contribution in [3.8, 4) is 0 Å². The van der Waals surface area contributed by atoms with Gasteiger partial charge in [-0.25, -0.2) is 0 Å². The number of anilines is 1. The lowest BCUT2D eigenvalue weighted by atomic mass is 9.98. The highest BCUT2D eigenvalue weighted by atomic mass is 16.3. The Morgan fingerprint density at radius 1 is 1.47 bits per heavy atom. The number of amides is 1. The van der Waals surface area contributed by atoms with Crippen molar-refractivity contribution in [1.29, 1.82) is 0 Å². The first-order valence-electron chi connectivity index (χ1n) is 6.92. The molecule has 6 heteroatoms. The van der Waals surface area contributed by atoms with Gasteiger partial charge >= 0.3 is 0 Å². The first-order chi connectivity index (χ1) is 9.15. The number of aromatic amines is 1. The number of aliphatic hydroxyl groups excluding tert-OH is 1. The maximum absolute atomic E-state index is 12.3. The van der Waals surface area contributed by atoms with Crippen LogP contribution in [0.15, 0.2) is 0 Å². The average molecular weight is 264 g/mol. The minimum absolute atomic E-state index is 0.0292. The van der Waals surface area contributed by atoms with Crippen molar-refractivity contribution in [2.75, 3.05) is 12.3 Å². The zero-order valence-electron chi connectivity index (χ0n) is 10.9. The number of hydrogen-bond acceptors (Lipinski definition) is 4. The molecule has 0 bridgehead atoms. The Labute approximate surface area is 111 Å². The second-order valence-corrected chi connectivity index (χ2v) is 5.77. The molecule has 0 radical (unpaired) electrons. The first kappa shape index (κ1) is 12.5. The monoisotopic (exact) mass is 264 g/mol. The molecular formula is C13H20N4O2. The van der Waals surface area contributed by atoms with E-state index in [2.05, 4.69) is 15.5 Å². The van der Waals surface area contributed by atoms with E-state index >= 15 is 0 Å². The van der Waals surface area contributed by atoms with Gasteiger partial charge in [-0.1, -0.05) is 12.8 Å². The van der Waals surface area contributed by atoms with Crippen LogP contribution < -0.4 is 11.1 Å². The Morgan fingerprint density at radius 3 is 2.74 bits per heavy atom. The second kappa shape index (κ2) is 4.52. The SMILES string of the molecule is Nc1c(C(=O)NC2(CO)CCCC2)n[nH]c1C1CC1. The minimum Gasteiger partial charge on any atom is -0.395 e. The van der Waals surface area contributed by atoms with Crippen LogP contribution in [0.1, 0.15) is 60.6 Å². The molecule has 19 heavy (non-hydrogen) atoms. The molecule has 5 N–H and O–H groups in total. The van der Waals surface area contributed by atoms with E-state index in [1.807, 2.05) is 0 Å². The normalized spacial score (nSPS) is 21.5. The summed E-state index contributed by atoms with van der Waals surface area (Å²) in [7, 11) is 0. The van der Waals surface area contributed by atoms with Crippen LogP contribution in [0.5, 0.6) is 0 Å². The molecule has 0 saturated heterocycles. The average Bonchev–Trinajstić information content (AvgIpc) is 3.01. The zero-order valence-corrected chi connectivity index (χ0v) is 10.9. The van der Waals surface area contributed by atoms with Gasteiger partial charge in [0.2, 0.25) is 0 Å². The van der Waals surface area contributed by atoms with E-state index in [4.69, 9.17) is 5.73 Å². The highest BCUT2D eigenvalue weighted by Crippen LogP contribution is 2.42. The van der Waals surface area contributed by atoms with Crippen molar-refractivity contribution in [2.45, 2.75) is 50.0 Å². The van der Waals surface area contributed by atoms with Crippen molar-refractivity contribution in [3.05, 3.63) is 11.4 Å². The first-order valence-corrected chi connectivity index (χ1v) is 6.92. The third kappa shape index (κ3) is 2.20. The summed E-state index contributed by atoms with van der Waals surface area (Å²) in [5, 5.41) is 19.3. The van der Waals surface area contributed by atoms with Gasteiger partial charge in [-0.05, 0) is 25.7 Å². The maximum Gasteiger partial charge on any atom is 0.274 e. The number of rotatable bonds is 4. The number of nitrogens with zero attached hydrogens (tertiary/aromatic N) is 1. The van der Waals surface area contributed by atoms with Crippen molar-refractivity contribution < 1.29 is 9.90 Å². The van der Waals surface area contributed by atoms with Crippen molar-refractivity contribution in [3.63, 3.8) is 0 Å². The van der Waals surface area contributed by atoms with E-state index in [0.29, 0.717) is 11.6 Å². The number of nitrogen functional groups attached to an aromatic ring is 1. The van der Waals surface area contributed by atoms with E-state index in [1.54, 1.807) is 0 Å². The number of hydrogen-bond donors (Lipinski definition) is 4. The number of carbonyl (C=O) groups is 1. The van der Waals surface area contributed by atoms with Gasteiger partial charge in [0.25, 0.3) is 5.91 Å². The van der Waals surface area contributed by atoms with Gasteiger partial charge in [-0.3, -0.25) is 9.89 Å². The molecule has 1 heterocycles. The summed E-state index contributed by atoms with van der Waals surface area (Å²) in [5.74, 6) is 0.156. The van der Waals surface area contributed by atoms with Crippen LogP contribution in [0, 0.1) is 0 Å². The number of nitrogens with one attached hydrogen (secondary N) is 2. The van der Waals surface area contributed by atoms with Crippen LogP contribution in [0.2, 0.25) is 0 Å². The molecule has 104 valence electrons. The van der Waals surface area contributed by atoms with Crippen molar-refractivity contribution >= 4 is 11.6 Å². The summed E-state index contributed by atoms with van der Waals surface area (Å²) in [4.78, 5) is 12.3. The van der Waals surface area contributed by atoms with Crippen molar-refractivity contribution in [1.82, 2.24) is 15.5 Å². The molecule has 0 spiro atoms. The fraction of sp³-hybridized carbons (Fsp3) is 0.692. The van der Waals surface area contributed by atoms with E-state index < -0.39 is 5.54 Å². The van der Waals surface area contributed by atoms with Crippen LogP contribution >= 0.6 is 0 Å². The maximum atomic E-state index is 12.3. The fourth-order valence-corrected chi connectivity index (χ4v) is 2.89.